The van der Waals surface area contributed by atoms with Crippen LogP contribution in [0.1, 0.15) is 84.8 Å². The lowest BCUT2D eigenvalue weighted by molar-refractivity contribution is -0.356. The van der Waals surface area contributed by atoms with E-state index in [4.69, 9.17) is 9.47 Å². The molecular weight excluding hydrogens is 590 g/mol. The van der Waals surface area contributed by atoms with Crippen molar-refractivity contribution in [3.05, 3.63) is 46.9 Å². The first-order valence-corrected chi connectivity index (χ1v) is 16.9. The Hall–Kier alpha value is -2.92. The number of ether oxygens (including phenoxy) is 2. The normalized spacial score (nSPS) is 44.0. The van der Waals surface area contributed by atoms with Crippen LogP contribution in [0.5, 0.6) is 11.5 Å². The molecule has 5 aliphatic rings. The third-order valence-corrected chi connectivity index (χ3v) is 12.0. The Bertz CT molecular complexity index is 1420. The number of carbonyl (C=O) groups is 2. The van der Waals surface area contributed by atoms with Gasteiger partial charge in [-0.3, -0.25) is 9.59 Å². The number of allylic oxidation sites excluding steroid dienone is 3. The maximum Gasteiger partial charge on any atom is 0.261 e. The quantitative estimate of drug-likeness (QED) is 0.118. The van der Waals surface area contributed by atoms with Gasteiger partial charge < -0.3 is 40.3 Å². The van der Waals surface area contributed by atoms with Gasteiger partial charge in [-0.15, -0.1) is 0 Å². The summed E-state index contributed by atoms with van der Waals surface area (Å²) >= 11 is 0. The summed E-state index contributed by atoms with van der Waals surface area (Å²) in [5.74, 6) is -3.64. The van der Waals surface area contributed by atoms with Crippen molar-refractivity contribution in [1.29, 1.82) is 0 Å². The molecule has 2 aliphatic carbocycles. The molecule has 3 heterocycles. The van der Waals surface area contributed by atoms with Crippen LogP contribution < -0.4 is 5.32 Å². The molecule has 0 radical (unpaired) electrons. The molecule has 10 heteroatoms. The Morgan fingerprint density at radius 3 is 2.33 bits per heavy atom. The maximum atomic E-state index is 12.9. The molecule has 1 spiro atoms. The van der Waals surface area contributed by atoms with Gasteiger partial charge in [-0.2, -0.15) is 0 Å². The largest absolute Gasteiger partial charge is 0.510 e. The predicted octanol–water partition coefficient (Wildman–Crippen LogP) is 4.78. The molecule has 46 heavy (non-hydrogen) atoms. The number of phenols is 2. The minimum atomic E-state index is -1.85. The molecule has 10 nitrogen and oxygen atoms in total. The number of benzene rings is 1. The molecule has 6 N–H and O–H groups in total. The predicted molar refractivity (Wildman–Crippen MR) is 168 cm³/mol. The van der Waals surface area contributed by atoms with Crippen LogP contribution in [0.3, 0.4) is 0 Å². The number of aromatic hydroxyl groups is 2. The van der Waals surface area contributed by atoms with Gasteiger partial charge in [0.2, 0.25) is 5.78 Å². The van der Waals surface area contributed by atoms with E-state index in [1.54, 1.807) is 12.1 Å². The molecule has 1 unspecified atom stereocenters. The highest BCUT2D eigenvalue weighted by atomic mass is 16.7. The standard InChI is InChI=1S/C36H49NO9/c1-16-8-9-36(46-34(16)22-12-23(38)14-24(39)13-22)19(4)10-18(3)27(45-36)15-25-17(2)11-21-6-7-26(40)20(5)28(21)29(25)31(41)30-32(42)33(43)35(44)37-30/h11-14,16,18-21,25-29,33-34,38-41,43H,6-10,15H2,1-5H3,(H,37,44)/b31-30+/t16-,18-,19-,20+,21+,25-,26-,27+,28+,29+,33?,34-,36+/m1/s1. The smallest absolute Gasteiger partial charge is 0.261 e. The van der Waals surface area contributed by atoms with Crippen LogP contribution in [0.4, 0.5) is 0 Å². The third kappa shape index (κ3) is 5.65. The summed E-state index contributed by atoms with van der Waals surface area (Å²) in [5, 5.41) is 55.7. The Kier molecular flexibility index (Phi) is 8.80. The van der Waals surface area contributed by atoms with Crippen LogP contribution in [-0.2, 0) is 19.1 Å². The molecule has 1 aromatic rings. The zero-order valence-electron chi connectivity index (χ0n) is 27.3. The number of amides is 1. The molecule has 0 bridgehead atoms. The van der Waals surface area contributed by atoms with E-state index in [1.807, 2.05) is 13.8 Å². The number of rotatable bonds is 4. The van der Waals surface area contributed by atoms with Crippen LogP contribution in [0.25, 0.3) is 0 Å². The van der Waals surface area contributed by atoms with Gasteiger partial charge in [0, 0.05) is 24.3 Å². The lowest BCUT2D eigenvalue weighted by atomic mass is 9.56. The molecule has 13 atom stereocenters. The molecule has 1 saturated carbocycles. The maximum absolute atomic E-state index is 12.9. The van der Waals surface area contributed by atoms with Gasteiger partial charge in [-0.25, -0.2) is 0 Å². The fraction of sp³-hybridized carbons (Fsp3) is 0.667. The van der Waals surface area contributed by atoms with Gasteiger partial charge in [-0.1, -0.05) is 39.3 Å². The van der Waals surface area contributed by atoms with Crippen molar-refractivity contribution < 1.29 is 44.6 Å². The molecule has 0 aromatic heterocycles. The topological polar surface area (TPSA) is 166 Å². The summed E-state index contributed by atoms with van der Waals surface area (Å²) in [6.07, 6.45) is 3.45. The van der Waals surface area contributed by atoms with Gasteiger partial charge in [0.05, 0.1) is 18.3 Å². The van der Waals surface area contributed by atoms with Crippen LogP contribution in [-0.4, -0.2) is 61.3 Å². The van der Waals surface area contributed by atoms with Gasteiger partial charge >= 0.3 is 0 Å². The van der Waals surface area contributed by atoms with E-state index in [2.05, 4.69) is 32.2 Å². The van der Waals surface area contributed by atoms with E-state index < -0.39 is 41.7 Å². The number of aliphatic hydroxyl groups excluding tert-OH is 3. The molecule has 1 amide bonds. The van der Waals surface area contributed by atoms with Crippen molar-refractivity contribution in [1.82, 2.24) is 5.32 Å². The third-order valence-electron chi connectivity index (χ3n) is 12.0. The van der Waals surface area contributed by atoms with Crippen molar-refractivity contribution in [3.8, 4) is 11.5 Å². The number of hydrogen-bond donors (Lipinski definition) is 6. The highest BCUT2D eigenvalue weighted by molar-refractivity contribution is 6.19. The van der Waals surface area contributed by atoms with Crippen molar-refractivity contribution in [2.75, 3.05) is 0 Å². The fourth-order valence-corrected chi connectivity index (χ4v) is 9.34. The van der Waals surface area contributed by atoms with Crippen molar-refractivity contribution in [3.63, 3.8) is 0 Å². The lowest BCUT2D eigenvalue weighted by Crippen LogP contribution is -2.55. The first-order chi connectivity index (χ1) is 21.7. The summed E-state index contributed by atoms with van der Waals surface area (Å²) in [4.78, 5) is 25.1. The summed E-state index contributed by atoms with van der Waals surface area (Å²) in [7, 11) is 0. The SMILES string of the molecule is CC1=C[C@@H]2CC[C@@H](O)[C@H](C)[C@@H]2[C@@H](/C(O)=C2\NC(=O)C(O)C2=O)[C@@H]1C[C@@H]1O[C@]2(CC[C@@H](C)[C@H](c3cc(O)cc(O)c3)O2)[C@H](C)C[C@H]1C. The van der Waals surface area contributed by atoms with E-state index in [0.717, 1.165) is 24.8 Å². The lowest BCUT2D eigenvalue weighted by Gasteiger charge is -2.54. The van der Waals surface area contributed by atoms with Crippen molar-refractivity contribution >= 4 is 11.7 Å². The Morgan fingerprint density at radius 1 is 0.978 bits per heavy atom. The van der Waals surface area contributed by atoms with E-state index in [0.29, 0.717) is 24.8 Å². The first-order valence-electron chi connectivity index (χ1n) is 16.9. The number of Topliss-reactive ketones (excluding diaryl/α,β-unsaturated/α-hetero) is 1. The summed E-state index contributed by atoms with van der Waals surface area (Å²) in [6.45, 7) is 10.4. The molecule has 3 saturated heterocycles. The molecular formula is C36H49NO9. The Labute approximate surface area is 270 Å². The summed E-state index contributed by atoms with van der Waals surface area (Å²) in [5.41, 5.74) is 1.51. The number of aliphatic hydroxyl groups is 3. The summed E-state index contributed by atoms with van der Waals surface area (Å²) < 4.78 is 13.9. The number of phenolic OH excluding ortho intramolecular Hbond substituents is 2. The van der Waals surface area contributed by atoms with Crippen molar-refractivity contribution in [2.24, 2.45) is 47.3 Å². The zero-order chi connectivity index (χ0) is 33.2. The van der Waals surface area contributed by atoms with Gasteiger partial charge in [0.1, 0.15) is 23.0 Å². The Morgan fingerprint density at radius 2 is 1.67 bits per heavy atom. The monoisotopic (exact) mass is 639 g/mol. The number of carbonyl (C=O) groups excluding carboxylic acids is 2. The number of nitrogens with one attached hydrogen (secondary N) is 1. The number of fused-ring (bicyclic) bond motifs is 1. The second-order valence-electron chi connectivity index (χ2n) is 15.0. The minimum absolute atomic E-state index is 0.0288. The molecule has 6 rings (SSSR count). The van der Waals surface area contributed by atoms with E-state index >= 15 is 0 Å². The number of hydrogen-bond acceptors (Lipinski definition) is 9. The molecule has 4 fully saturated rings. The molecule has 1 aromatic carbocycles. The van der Waals surface area contributed by atoms with Gasteiger partial charge in [0.25, 0.3) is 5.91 Å². The molecule has 252 valence electrons. The highest BCUT2D eigenvalue weighted by Crippen LogP contribution is 2.55. The summed E-state index contributed by atoms with van der Waals surface area (Å²) in [6, 6.07) is 4.55. The van der Waals surface area contributed by atoms with Gasteiger partial charge in [0.15, 0.2) is 11.9 Å². The number of ketones is 1. The average molecular weight is 640 g/mol. The average Bonchev–Trinajstić information content (AvgIpc) is 3.25. The zero-order valence-corrected chi connectivity index (χ0v) is 27.3. The van der Waals surface area contributed by atoms with Crippen LogP contribution in [0.15, 0.2) is 41.3 Å². The minimum Gasteiger partial charge on any atom is -0.510 e. The molecule has 3 aliphatic heterocycles. The first kappa shape index (κ1) is 33.0. The second-order valence-corrected chi connectivity index (χ2v) is 15.0. The van der Waals surface area contributed by atoms with Crippen LogP contribution in [0, 0.1) is 47.3 Å². The van der Waals surface area contributed by atoms with Crippen LogP contribution in [0.2, 0.25) is 0 Å². The van der Waals surface area contributed by atoms with Crippen molar-refractivity contribution in [2.45, 2.75) is 103 Å². The second kappa shape index (κ2) is 12.3. The van der Waals surface area contributed by atoms with E-state index in [-0.39, 0.29) is 70.5 Å². The highest BCUT2D eigenvalue weighted by Gasteiger charge is 2.54. The van der Waals surface area contributed by atoms with Gasteiger partial charge in [-0.05, 0) is 92.2 Å². The Balaban J connectivity index is 1.34. The van der Waals surface area contributed by atoms with E-state index in [1.165, 1.54) is 6.07 Å². The fourth-order valence-electron chi connectivity index (χ4n) is 9.34. The van der Waals surface area contributed by atoms with E-state index in [9.17, 15) is 35.1 Å². The van der Waals surface area contributed by atoms with Crippen LogP contribution >= 0.6 is 0 Å².